The number of nitrogens with zero attached hydrogens (tertiary/aromatic N) is 3. The van der Waals surface area contributed by atoms with Crippen LogP contribution in [0.1, 0.15) is 12.8 Å². The SMILES string of the molecule is COc1ccc(S(=O)(=O)N2CC3(CN(C4CCOCC4)C3)C2)cn1. The fraction of sp³-hybridized carbons (Fsp3) is 0.688. The summed E-state index contributed by atoms with van der Waals surface area (Å²) in [5.41, 5.74) is 0.158. The molecule has 132 valence electrons. The maximum absolute atomic E-state index is 12.6. The molecule has 0 aliphatic carbocycles. The zero-order valence-corrected chi connectivity index (χ0v) is 14.7. The highest BCUT2D eigenvalue weighted by atomic mass is 32.2. The van der Waals surface area contributed by atoms with Gasteiger partial charge in [0.2, 0.25) is 15.9 Å². The number of sulfonamides is 1. The van der Waals surface area contributed by atoms with Crippen LogP contribution in [-0.4, -0.2) is 75.2 Å². The van der Waals surface area contributed by atoms with Crippen molar-refractivity contribution >= 4 is 10.0 Å². The topological polar surface area (TPSA) is 72.0 Å². The molecule has 1 spiro atoms. The third-order valence-electron chi connectivity index (χ3n) is 5.36. The molecule has 4 heterocycles. The molecule has 1 aromatic rings. The van der Waals surface area contributed by atoms with Crippen molar-refractivity contribution in [2.45, 2.75) is 23.8 Å². The highest BCUT2D eigenvalue weighted by molar-refractivity contribution is 7.89. The number of hydrogen-bond donors (Lipinski definition) is 0. The van der Waals surface area contributed by atoms with Crippen molar-refractivity contribution in [3.63, 3.8) is 0 Å². The number of rotatable bonds is 4. The lowest BCUT2D eigenvalue weighted by Gasteiger charge is -2.61. The van der Waals surface area contributed by atoms with E-state index in [1.165, 1.54) is 13.3 Å². The smallest absolute Gasteiger partial charge is 0.244 e. The van der Waals surface area contributed by atoms with Crippen molar-refractivity contribution in [3.8, 4) is 5.88 Å². The molecule has 0 atom stereocenters. The number of methoxy groups -OCH3 is 1. The first-order valence-corrected chi connectivity index (χ1v) is 9.78. The Balaban J connectivity index is 1.35. The standard InChI is InChI=1S/C16H23N3O4S/c1-22-15-3-2-14(8-17-15)24(20,21)19-11-16(12-19)9-18(10-16)13-4-6-23-7-5-13/h2-3,8,13H,4-7,9-12H2,1H3. The van der Waals surface area contributed by atoms with Crippen molar-refractivity contribution in [1.82, 2.24) is 14.2 Å². The number of ether oxygens (including phenoxy) is 2. The maximum atomic E-state index is 12.6. The fourth-order valence-electron chi connectivity index (χ4n) is 3.98. The van der Waals surface area contributed by atoms with E-state index in [1.54, 1.807) is 16.4 Å². The van der Waals surface area contributed by atoms with Crippen LogP contribution in [0.15, 0.2) is 23.2 Å². The molecule has 3 saturated heterocycles. The van der Waals surface area contributed by atoms with E-state index in [0.29, 0.717) is 25.0 Å². The van der Waals surface area contributed by atoms with E-state index in [-0.39, 0.29) is 10.3 Å². The zero-order chi connectivity index (χ0) is 16.8. The molecule has 3 aliphatic rings. The summed E-state index contributed by atoms with van der Waals surface area (Å²) < 4.78 is 37.2. The van der Waals surface area contributed by atoms with Gasteiger partial charge in [-0.15, -0.1) is 0 Å². The Morgan fingerprint density at radius 3 is 2.50 bits per heavy atom. The van der Waals surface area contributed by atoms with Crippen molar-refractivity contribution in [1.29, 1.82) is 0 Å². The van der Waals surface area contributed by atoms with Crippen molar-refractivity contribution in [2.75, 3.05) is 46.5 Å². The molecular weight excluding hydrogens is 330 g/mol. The van der Waals surface area contributed by atoms with Crippen LogP contribution in [0.3, 0.4) is 0 Å². The molecule has 3 fully saturated rings. The van der Waals surface area contributed by atoms with Crippen LogP contribution in [0, 0.1) is 5.41 Å². The molecule has 3 aliphatic heterocycles. The lowest BCUT2D eigenvalue weighted by molar-refractivity contribution is -0.116. The highest BCUT2D eigenvalue weighted by Gasteiger charge is 2.56. The molecule has 0 aromatic carbocycles. The van der Waals surface area contributed by atoms with Gasteiger partial charge in [0.15, 0.2) is 0 Å². The highest BCUT2D eigenvalue weighted by Crippen LogP contribution is 2.43. The predicted molar refractivity (Wildman–Crippen MR) is 87.4 cm³/mol. The van der Waals surface area contributed by atoms with Crippen molar-refractivity contribution in [2.24, 2.45) is 5.41 Å². The molecular formula is C16H23N3O4S. The molecule has 0 saturated carbocycles. The average molecular weight is 353 g/mol. The first kappa shape index (κ1) is 16.3. The van der Waals surface area contributed by atoms with Gasteiger partial charge in [-0.05, 0) is 18.9 Å². The number of pyridine rings is 1. The molecule has 0 amide bonds. The molecule has 7 nitrogen and oxygen atoms in total. The quantitative estimate of drug-likeness (QED) is 0.788. The van der Waals surface area contributed by atoms with E-state index < -0.39 is 10.0 Å². The molecule has 24 heavy (non-hydrogen) atoms. The van der Waals surface area contributed by atoms with E-state index in [9.17, 15) is 8.42 Å². The van der Waals surface area contributed by atoms with Crippen molar-refractivity contribution in [3.05, 3.63) is 18.3 Å². The van der Waals surface area contributed by atoms with Gasteiger partial charge in [0.1, 0.15) is 4.90 Å². The first-order chi connectivity index (χ1) is 11.5. The van der Waals surface area contributed by atoms with Gasteiger partial charge in [0, 0.05) is 56.9 Å². The van der Waals surface area contributed by atoms with Crippen LogP contribution < -0.4 is 4.74 Å². The predicted octanol–water partition coefficient (Wildman–Crippen LogP) is 0.575. The first-order valence-electron chi connectivity index (χ1n) is 8.34. The molecule has 0 N–H and O–H groups in total. The summed E-state index contributed by atoms with van der Waals surface area (Å²) in [6, 6.07) is 3.75. The molecule has 4 rings (SSSR count). The molecule has 0 unspecified atom stereocenters. The number of aromatic nitrogens is 1. The minimum Gasteiger partial charge on any atom is -0.481 e. The summed E-state index contributed by atoms with van der Waals surface area (Å²) in [6.45, 7) is 4.93. The fourth-order valence-corrected chi connectivity index (χ4v) is 5.60. The largest absolute Gasteiger partial charge is 0.481 e. The van der Waals surface area contributed by atoms with Gasteiger partial charge in [0.25, 0.3) is 0 Å². The summed E-state index contributed by atoms with van der Waals surface area (Å²) in [5, 5.41) is 0. The van der Waals surface area contributed by atoms with E-state index in [0.717, 1.165) is 39.1 Å². The second-order valence-electron chi connectivity index (χ2n) is 7.06. The van der Waals surface area contributed by atoms with Crippen LogP contribution in [0.2, 0.25) is 0 Å². The number of hydrogen-bond acceptors (Lipinski definition) is 6. The van der Waals surface area contributed by atoms with E-state index in [2.05, 4.69) is 9.88 Å². The van der Waals surface area contributed by atoms with Gasteiger partial charge >= 0.3 is 0 Å². The van der Waals surface area contributed by atoms with Gasteiger partial charge in [-0.2, -0.15) is 4.31 Å². The minimum atomic E-state index is -3.44. The summed E-state index contributed by atoms with van der Waals surface area (Å²) in [5.74, 6) is 0.417. The van der Waals surface area contributed by atoms with Gasteiger partial charge in [-0.3, -0.25) is 4.90 Å². The Kier molecular flexibility index (Phi) is 4.03. The molecule has 8 heteroatoms. The Morgan fingerprint density at radius 2 is 1.92 bits per heavy atom. The summed E-state index contributed by atoms with van der Waals surface area (Å²) >= 11 is 0. The summed E-state index contributed by atoms with van der Waals surface area (Å²) in [6.07, 6.45) is 3.56. The van der Waals surface area contributed by atoms with Gasteiger partial charge < -0.3 is 9.47 Å². The average Bonchev–Trinajstić information content (AvgIpc) is 2.53. The van der Waals surface area contributed by atoms with E-state index >= 15 is 0 Å². The lowest BCUT2D eigenvalue weighted by atomic mass is 9.73. The lowest BCUT2D eigenvalue weighted by Crippen LogP contribution is -2.74. The van der Waals surface area contributed by atoms with Gasteiger partial charge in [0.05, 0.1) is 13.3 Å². The molecule has 1 aromatic heterocycles. The molecule has 0 radical (unpaired) electrons. The monoisotopic (exact) mass is 353 g/mol. The second-order valence-corrected chi connectivity index (χ2v) is 9.00. The third-order valence-corrected chi connectivity index (χ3v) is 7.14. The minimum absolute atomic E-state index is 0.158. The van der Waals surface area contributed by atoms with Crippen LogP contribution in [0.5, 0.6) is 5.88 Å². The van der Waals surface area contributed by atoms with Crippen molar-refractivity contribution < 1.29 is 17.9 Å². The Hall–Kier alpha value is -1.22. The maximum Gasteiger partial charge on any atom is 0.244 e. The van der Waals surface area contributed by atoms with Gasteiger partial charge in [-0.25, -0.2) is 13.4 Å². The van der Waals surface area contributed by atoms with Crippen LogP contribution in [0.4, 0.5) is 0 Å². The Morgan fingerprint density at radius 1 is 1.21 bits per heavy atom. The normalized spacial score (nSPS) is 25.2. The van der Waals surface area contributed by atoms with Gasteiger partial charge in [-0.1, -0.05) is 0 Å². The Bertz CT molecular complexity index is 687. The zero-order valence-electron chi connectivity index (χ0n) is 13.8. The molecule has 0 bridgehead atoms. The van der Waals surface area contributed by atoms with Crippen LogP contribution in [-0.2, 0) is 14.8 Å². The summed E-state index contributed by atoms with van der Waals surface area (Å²) in [7, 11) is -1.93. The van der Waals surface area contributed by atoms with Crippen LogP contribution in [0.25, 0.3) is 0 Å². The Labute approximate surface area is 142 Å². The van der Waals surface area contributed by atoms with Crippen LogP contribution >= 0.6 is 0 Å². The van der Waals surface area contributed by atoms with E-state index in [1.807, 2.05) is 0 Å². The second kappa shape index (κ2) is 5.94. The summed E-state index contributed by atoms with van der Waals surface area (Å²) in [4.78, 5) is 6.72. The van der Waals surface area contributed by atoms with E-state index in [4.69, 9.17) is 9.47 Å². The number of likely N-dealkylation sites (tertiary alicyclic amines) is 1. The third kappa shape index (κ3) is 2.71.